The smallest absolute Gasteiger partial charge is 0.0931 e. The van der Waals surface area contributed by atoms with Gasteiger partial charge in [-0.05, 0) is 32.0 Å². The molecule has 2 nitrogen and oxygen atoms in total. The van der Waals surface area contributed by atoms with Crippen LogP contribution in [0.2, 0.25) is 4.34 Å². The molecule has 0 spiro atoms. The van der Waals surface area contributed by atoms with Crippen LogP contribution in [0.1, 0.15) is 31.2 Å². The summed E-state index contributed by atoms with van der Waals surface area (Å²) in [5, 5.41) is 3.44. The van der Waals surface area contributed by atoms with Crippen LogP contribution in [0.4, 0.5) is 0 Å². The minimum absolute atomic E-state index is 0.374. The van der Waals surface area contributed by atoms with E-state index >= 15 is 0 Å². The number of rotatable bonds is 7. The molecule has 0 saturated heterocycles. The van der Waals surface area contributed by atoms with Crippen molar-refractivity contribution in [3.8, 4) is 0 Å². The Bertz CT molecular complexity index is 277. The molecule has 0 bridgehead atoms. The quantitative estimate of drug-likeness (QED) is 0.745. The van der Waals surface area contributed by atoms with Gasteiger partial charge in [-0.25, -0.2) is 0 Å². The van der Waals surface area contributed by atoms with Gasteiger partial charge in [0.25, 0.3) is 0 Å². The van der Waals surface area contributed by atoms with Crippen molar-refractivity contribution in [2.24, 2.45) is 0 Å². The molecule has 1 unspecified atom stereocenters. The molecule has 1 aromatic rings. The number of hydrogen-bond acceptors (Lipinski definition) is 3. The highest BCUT2D eigenvalue weighted by atomic mass is 35.5. The number of ether oxygens (including phenoxy) is 1. The molecule has 1 aromatic heterocycles. The summed E-state index contributed by atoms with van der Waals surface area (Å²) in [4.78, 5) is 1.29. The van der Waals surface area contributed by atoms with E-state index in [4.69, 9.17) is 16.3 Å². The maximum atomic E-state index is 5.93. The van der Waals surface area contributed by atoms with Gasteiger partial charge in [0.15, 0.2) is 0 Å². The van der Waals surface area contributed by atoms with Gasteiger partial charge in [-0.2, -0.15) is 0 Å². The molecule has 1 heterocycles. The average molecular weight is 248 g/mol. The third kappa shape index (κ3) is 4.51. The predicted molar refractivity (Wildman–Crippen MR) is 66.9 cm³/mol. The molecule has 0 aliphatic rings. The zero-order valence-electron chi connectivity index (χ0n) is 9.25. The van der Waals surface area contributed by atoms with E-state index in [0.29, 0.717) is 6.04 Å². The van der Waals surface area contributed by atoms with Crippen molar-refractivity contribution in [1.82, 2.24) is 5.32 Å². The van der Waals surface area contributed by atoms with E-state index in [1.807, 2.05) is 13.0 Å². The molecule has 1 N–H and O–H groups in total. The van der Waals surface area contributed by atoms with E-state index < -0.39 is 0 Å². The normalized spacial score (nSPS) is 13.0. The molecular weight excluding hydrogens is 230 g/mol. The summed E-state index contributed by atoms with van der Waals surface area (Å²) in [6.07, 6.45) is 0.999. The molecule has 0 fully saturated rings. The summed E-state index contributed by atoms with van der Waals surface area (Å²) in [6.45, 7) is 6.67. The largest absolute Gasteiger partial charge is 0.382 e. The minimum Gasteiger partial charge on any atom is -0.382 e. The maximum absolute atomic E-state index is 5.93. The zero-order chi connectivity index (χ0) is 11.1. The van der Waals surface area contributed by atoms with E-state index in [2.05, 4.69) is 18.3 Å². The molecule has 86 valence electrons. The highest BCUT2D eigenvalue weighted by Gasteiger charge is 2.12. The van der Waals surface area contributed by atoms with E-state index in [1.54, 1.807) is 11.3 Å². The number of halogens is 1. The second kappa shape index (κ2) is 7.23. The molecule has 0 amide bonds. The maximum Gasteiger partial charge on any atom is 0.0931 e. The lowest BCUT2D eigenvalue weighted by Crippen LogP contribution is -2.21. The lowest BCUT2D eigenvalue weighted by Gasteiger charge is -2.15. The lowest BCUT2D eigenvalue weighted by molar-refractivity contribution is 0.137. The van der Waals surface area contributed by atoms with E-state index in [1.165, 1.54) is 4.88 Å². The molecule has 0 radical (unpaired) electrons. The Morgan fingerprint density at radius 2 is 2.27 bits per heavy atom. The Morgan fingerprint density at radius 1 is 1.47 bits per heavy atom. The first-order valence-electron chi connectivity index (χ1n) is 5.34. The van der Waals surface area contributed by atoms with Crippen molar-refractivity contribution in [3.63, 3.8) is 0 Å². The van der Waals surface area contributed by atoms with Crippen LogP contribution >= 0.6 is 22.9 Å². The van der Waals surface area contributed by atoms with Gasteiger partial charge in [0.05, 0.1) is 4.34 Å². The molecule has 0 aliphatic heterocycles. The third-order valence-electron chi connectivity index (χ3n) is 2.14. The number of hydrogen-bond donors (Lipinski definition) is 1. The van der Waals surface area contributed by atoms with Gasteiger partial charge in [-0.1, -0.05) is 18.5 Å². The molecule has 0 saturated carbocycles. The van der Waals surface area contributed by atoms with Crippen molar-refractivity contribution in [1.29, 1.82) is 0 Å². The Kier molecular flexibility index (Phi) is 6.25. The van der Waals surface area contributed by atoms with Gasteiger partial charge in [0, 0.05) is 24.1 Å². The van der Waals surface area contributed by atoms with E-state index in [0.717, 1.165) is 30.5 Å². The summed E-state index contributed by atoms with van der Waals surface area (Å²) >= 11 is 7.57. The highest BCUT2D eigenvalue weighted by Crippen LogP contribution is 2.28. The van der Waals surface area contributed by atoms with Gasteiger partial charge >= 0.3 is 0 Å². The third-order valence-corrected chi connectivity index (χ3v) is 3.49. The second-order valence-electron chi connectivity index (χ2n) is 3.24. The summed E-state index contributed by atoms with van der Waals surface area (Å²) in [5.74, 6) is 0. The molecule has 0 aromatic carbocycles. The van der Waals surface area contributed by atoms with Crippen molar-refractivity contribution in [2.45, 2.75) is 26.3 Å². The topological polar surface area (TPSA) is 21.3 Å². The molecular formula is C11H18ClNOS. The van der Waals surface area contributed by atoms with Gasteiger partial charge in [0.1, 0.15) is 0 Å². The summed E-state index contributed by atoms with van der Waals surface area (Å²) in [7, 11) is 0. The second-order valence-corrected chi connectivity index (χ2v) is 4.98. The van der Waals surface area contributed by atoms with Crippen LogP contribution in [0.3, 0.4) is 0 Å². The van der Waals surface area contributed by atoms with Crippen LogP contribution in [0.15, 0.2) is 12.1 Å². The monoisotopic (exact) mass is 247 g/mol. The Hall–Kier alpha value is -0.0900. The fraction of sp³-hybridized carbons (Fsp3) is 0.636. The standard InChI is InChI=1S/C11H18ClNOS/c1-3-13-9(7-8-14-4-2)10-5-6-11(12)15-10/h5-6,9,13H,3-4,7-8H2,1-2H3. The summed E-state index contributed by atoms with van der Waals surface area (Å²) in [6, 6.07) is 4.41. The number of nitrogens with one attached hydrogen (secondary N) is 1. The van der Waals surface area contributed by atoms with E-state index in [9.17, 15) is 0 Å². The van der Waals surface area contributed by atoms with Gasteiger partial charge in [-0.15, -0.1) is 11.3 Å². The first-order valence-corrected chi connectivity index (χ1v) is 6.53. The first-order chi connectivity index (χ1) is 7.27. The SMILES string of the molecule is CCNC(CCOCC)c1ccc(Cl)s1. The fourth-order valence-corrected chi connectivity index (χ4v) is 2.62. The van der Waals surface area contributed by atoms with Gasteiger partial charge < -0.3 is 10.1 Å². The van der Waals surface area contributed by atoms with E-state index in [-0.39, 0.29) is 0 Å². The van der Waals surface area contributed by atoms with Gasteiger partial charge in [0.2, 0.25) is 0 Å². The predicted octanol–water partition coefficient (Wildman–Crippen LogP) is 3.48. The van der Waals surface area contributed by atoms with Crippen molar-refractivity contribution >= 4 is 22.9 Å². The minimum atomic E-state index is 0.374. The molecule has 15 heavy (non-hydrogen) atoms. The fourth-order valence-electron chi connectivity index (χ4n) is 1.45. The molecule has 1 atom stereocenters. The van der Waals surface area contributed by atoms with Crippen molar-refractivity contribution in [2.75, 3.05) is 19.8 Å². The van der Waals surface area contributed by atoms with Crippen LogP contribution < -0.4 is 5.32 Å². The van der Waals surface area contributed by atoms with Crippen LogP contribution in [0.25, 0.3) is 0 Å². The Morgan fingerprint density at radius 3 is 2.80 bits per heavy atom. The van der Waals surface area contributed by atoms with Crippen LogP contribution in [-0.4, -0.2) is 19.8 Å². The highest BCUT2D eigenvalue weighted by molar-refractivity contribution is 7.16. The average Bonchev–Trinajstić information content (AvgIpc) is 2.64. The van der Waals surface area contributed by atoms with Gasteiger partial charge in [-0.3, -0.25) is 0 Å². The van der Waals surface area contributed by atoms with Crippen molar-refractivity contribution in [3.05, 3.63) is 21.3 Å². The molecule has 0 aliphatic carbocycles. The summed E-state index contributed by atoms with van der Waals surface area (Å²) in [5.41, 5.74) is 0. The summed E-state index contributed by atoms with van der Waals surface area (Å²) < 4.78 is 6.22. The Labute approximate surface area is 101 Å². The Balaban J connectivity index is 2.49. The van der Waals surface area contributed by atoms with Crippen molar-refractivity contribution < 1.29 is 4.74 Å². The first kappa shape index (κ1) is 13.0. The van der Waals surface area contributed by atoms with Crippen LogP contribution in [0, 0.1) is 0 Å². The van der Waals surface area contributed by atoms with Crippen LogP contribution in [-0.2, 0) is 4.74 Å². The zero-order valence-corrected chi connectivity index (χ0v) is 10.8. The number of thiophene rings is 1. The molecule has 4 heteroatoms. The lowest BCUT2D eigenvalue weighted by atomic mass is 10.2. The van der Waals surface area contributed by atoms with Crippen LogP contribution in [0.5, 0.6) is 0 Å². The molecule has 1 rings (SSSR count).